The van der Waals surface area contributed by atoms with Crippen LogP contribution in [0.1, 0.15) is 41.5 Å². The fraction of sp³-hybridized carbons (Fsp3) is 1.00. The topological polar surface area (TPSA) is 27.7 Å². The summed E-state index contributed by atoms with van der Waals surface area (Å²) in [6, 6.07) is 0. The molecule has 5 heteroatoms. The molecule has 0 N–H and O–H groups in total. The van der Waals surface area contributed by atoms with Crippen LogP contribution in [-0.4, -0.2) is 55.2 Å². The standard InChI is InChI=1S/C9H21BO3.Na.H/c1-7(2)11-10(12-8(3)4)13-9(5)6;;/h7-9H,1-6H3;;. The normalized spacial score (nSPS) is 10.9. The third kappa shape index (κ3) is 11.0. The van der Waals surface area contributed by atoms with Crippen LogP contribution in [0.3, 0.4) is 0 Å². The molecule has 0 fully saturated rings. The van der Waals surface area contributed by atoms with E-state index in [2.05, 4.69) is 0 Å². The van der Waals surface area contributed by atoms with Crippen LogP contribution in [0.15, 0.2) is 0 Å². The molecule has 0 unspecified atom stereocenters. The molecule has 0 amide bonds. The van der Waals surface area contributed by atoms with Crippen molar-refractivity contribution < 1.29 is 14.0 Å². The summed E-state index contributed by atoms with van der Waals surface area (Å²) < 4.78 is 16.3. The van der Waals surface area contributed by atoms with E-state index in [1.54, 1.807) is 0 Å². The van der Waals surface area contributed by atoms with Crippen LogP contribution in [0.5, 0.6) is 0 Å². The summed E-state index contributed by atoms with van der Waals surface area (Å²) in [4.78, 5) is 0. The minimum absolute atomic E-state index is 0. The second-order valence-corrected chi connectivity index (χ2v) is 3.84. The van der Waals surface area contributed by atoms with E-state index in [0.29, 0.717) is 0 Å². The van der Waals surface area contributed by atoms with Crippen molar-refractivity contribution in [1.29, 1.82) is 0 Å². The molecule has 0 heterocycles. The van der Waals surface area contributed by atoms with Crippen LogP contribution < -0.4 is 0 Å². The first kappa shape index (κ1) is 17.3. The third-order valence-electron chi connectivity index (χ3n) is 1.15. The molecule has 0 atom stereocenters. The average molecular weight is 212 g/mol. The summed E-state index contributed by atoms with van der Waals surface area (Å²) in [6.45, 7) is 11.8. The summed E-state index contributed by atoms with van der Waals surface area (Å²) in [7, 11) is -0.542. The molecule has 0 saturated heterocycles. The van der Waals surface area contributed by atoms with Gasteiger partial charge in [0.15, 0.2) is 0 Å². The molecule has 0 rings (SSSR count). The molecule has 0 aliphatic heterocycles. The molecule has 0 aromatic heterocycles. The SMILES string of the molecule is CC(C)OB(OC(C)C)OC(C)C.[NaH]. The fourth-order valence-electron chi connectivity index (χ4n) is 0.763. The van der Waals surface area contributed by atoms with Gasteiger partial charge in [-0.2, -0.15) is 0 Å². The monoisotopic (exact) mass is 212 g/mol. The molecule has 0 aliphatic carbocycles. The molecular formula is C9H22BNaO3. The molecule has 14 heavy (non-hydrogen) atoms. The molecule has 0 spiro atoms. The molecule has 0 aromatic rings. The van der Waals surface area contributed by atoms with Crippen molar-refractivity contribution in [3.05, 3.63) is 0 Å². The molecule has 0 radical (unpaired) electrons. The summed E-state index contributed by atoms with van der Waals surface area (Å²) >= 11 is 0. The first-order chi connectivity index (χ1) is 5.91. The van der Waals surface area contributed by atoms with Crippen molar-refractivity contribution in [2.75, 3.05) is 0 Å². The zero-order valence-corrected chi connectivity index (χ0v) is 9.53. The number of hydrogen-bond acceptors (Lipinski definition) is 3. The second kappa shape index (κ2) is 9.19. The van der Waals surface area contributed by atoms with E-state index in [0.717, 1.165) is 0 Å². The Hall–Kier alpha value is 0.945. The van der Waals surface area contributed by atoms with Gasteiger partial charge in [-0.3, -0.25) is 0 Å². The fourth-order valence-corrected chi connectivity index (χ4v) is 0.763. The Morgan fingerprint density at radius 1 is 0.643 bits per heavy atom. The Bertz CT molecular complexity index is 107. The molecule has 3 nitrogen and oxygen atoms in total. The van der Waals surface area contributed by atoms with E-state index in [-0.39, 0.29) is 47.9 Å². The molecule has 0 bridgehead atoms. The van der Waals surface area contributed by atoms with Crippen LogP contribution in [0.2, 0.25) is 0 Å². The van der Waals surface area contributed by atoms with Gasteiger partial charge in [-0.1, -0.05) is 0 Å². The van der Waals surface area contributed by atoms with Gasteiger partial charge in [-0.15, -0.1) is 0 Å². The zero-order chi connectivity index (χ0) is 10.4. The van der Waals surface area contributed by atoms with Crippen LogP contribution >= 0.6 is 0 Å². The Kier molecular flexibility index (Phi) is 11.4. The van der Waals surface area contributed by atoms with Crippen LogP contribution in [-0.2, 0) is 14.0 Å². The second-order valence-electron chi connectivity index (χ2n) is 3.84. The summed E-state index contributed by atoms with van der Waals surface area (Å²) in [5, 5.41) is 0. The van der Waals surface area contributed by atoms with Gasteiger partial charge in [0.2, 0.25) is 0 Å². The quantitative estimate of drug-likeness (QED) is 0.626. The average Bonchev–Trinajstić information content (AvgIpc) is 1.80. The van der Waals surface area contributed by atoms with Gasteiger partial charge in [0, 0.05) is 18.3 Å². The minimum atomic E-state index is -0.542. The molecule has 0 aliphatic rings. The molecule has 0 aromatic carbocycles. The van der Waals surface area contributed by atoms with E-state index < -0.39 is 7.32 Å². The van der Waals surface area contributed by atoms with Crippen LogP contribution in [0.25, 0.3) is 0 Å². The van der Waals surface area contributed by atoms with Crippen molar-refractivity contribution in [2.45, 2.75) is 59.9 Å². The van der Waals surface area contributed by atoms with Gasteiger partial charge < -0.3 is 14.0 Å². The van der Waals surface area contributed by atoms with E-state index >= 15 is 0 Å². The van der Waals surface area contributed by atoms with Crippen molar-refractivity contribution in [2.24, 2.45) is 0 Å². The van der Waals surface area contributed by atoms with Gasteiger partial charge >= 0.3 is 36.9 Å². The molecule has 0 saturated carbocycles. The number of hydrogen-bond donors (Lipinski definition) is 0. The van der Waals surface area contributed by atoms with Crippen molar-refractivity contribution >= 4 is 36.9 Å². The van der Waals surface area contributed by atoms with Crippen LogP contribution in [0.4, 0.5) is 0 Å². The predicted molar refractivity (Wildman–Crippen MR) is 61.6 cm³/mol. The van der Waals surface area contributed by atoms with Gasteiger partial charge in [-0.25, -0.2) is 0 Å². The van der Waals surface area contributed by atoms with Gasteiger partial charge in [-0.05, 0) is 41.5 Å². The summed E-state index contributed by atoms with van der Waals surface area (Å²) in [6.07, 6.45) is 0.340. The van der Waals surface area contributed by atoms with Gasteiger partial charge in [0.25, 0.3) is 0 Å². The summed E-state index contributed by atoms with van der Waals surface area (Å²) in [5.41, 5.74) is 0. The Morgan fingerprint density at radius 3 is 1.00 bits per heavy atom. The van der Waals surface area contributed by atoms with Gasteiger partial charge in [0.1, 0.15) is 0 Å². The first-order valence-corrected chi connectivity index (χ1v) is 4.88. The van der Waals surface area contributed by atoms with Crippen molar-refractivity contribution in [1.82, 2.24) is 0 Å². The van der Waals surface area contributed by atoms with E-state index in [9.17, 15) is 0 Å². The maximum absolute atomic E-state index is 5.43. The Balaban J connectivity index is 0. The van der Waals surface area contributed by atoms with E-state index in [4.69, 9.17) is 14.0 Å². The number of rotatable bonds is 6. The Morgan fingerprint density at radius 2 is 0.857 bits per heavy atom. The predicted octanol–water partition coefficient (Wildman–Crippen LogP) is 1.60. The van der Waals surface area contributed by atoms with Crippen molar-refractivity contribution in [3.63, 3.8) is 0 Å². The maximum atomic E-state index is 5.43. The molecule has 80 valence electrons. The van der Waals surface area contributed by atoms with E-state index in [1.165, 1.54) is 0 Å². The first-order valence-electron chi connectivity index (χ1n) is 4.88. The van der Waals surface area contributed by atoms with Crippen molar-refractivity contribution in [3.8, 4) is 0 Å². The van der Waals surface area contributed by atoms with Gasteiger partial charge in [0.05, 0.1) is 0 Å². The van der Waals surface area contributed by atoms with Crippen LogP contribution in [0, 0.1) is 0 Å². The third-order valence-corrected chi connectivity index (χ3v) is 1.15. The Labute approximate surface area is 110 Å². The molecular weight excluding hydrogens is 190 g/mol. The zero-order valence-electron chi connectivity index (χ0n) is 9.53. The summed E-state index contributed by atoms with van der Waals surface area (Å²) in [5.74, 6) is 0. The van der Waals surface area contributed by atoms with E-state index in [1.807, 2.05) is 41.5 Å².